The van der Waals surface area contributed by atoms with Crippen molar-refractivity contribution in [3.8, 4) is 0 Å². The van der Waals surface area contributed by atoms with Crippen LogP contribution in [0.2, 0.25) is 0 Å². The van der Waals surface area contributed by atoms with Crippen LogP contribution in [-0.2, 0) is 9.53 Å². The molecule has 0 aromatic heterocycles. The number of carboxylic acids is 1. The van der Waals surface area contributed by atoms with Gasteiger partial charge in [0.1, 0.15) is 6.04 Å². The second kappa shape index (κ2) is 6.22. The number of hydrogen-bond acceptors (Lipinski definition) is 3. The Morgan fingerprint density at radius 1 is 1.36 bits per heavy atom. The first-order chi connectivity index (χ1) is 6.13. The van der Waals surface area contributed by atoms with E-state index in [9.17, 15) is 4.79 Å². The summed E-state index contributed by atoms with van der Waals surface area (Å²) < 4.78 is 5.17. The van der Waals surface area contributed by atoms with Gasteiger partial charge in [-0.15, -0.1) is 12.4 Å². The van der Waals surface area contributed by atoms with Gasteiger partial charge >= 0.3 is 5.97 Å². The van der Waals surface area contributed by atoms with Crippen molar-refractivity contribution in [1.82, 2.24) is 4.90 Å². The van der Waals surface area contributed by atoms with Crippen LogP contribution in [0.1, 0.15) is 13.8 Å². The van der Waals surface area contributed by atoms with Gasteiger partial charge < -0.3 is 9.84 Å². The van der Waals surface area contributed by atoms with Crippen molar-refractivity contribution in [2.45, 2.75) is 19.9 Å². The summed E-state index contributed by atoms with van der Waals surface area (Å²) in [6.45, 7) is 6.64. The first-order valence-corrected chi connectivity index (χ1v) is 4.67. The first-order valence-electron chi connectivity index (χ1n) is 4.67. The van der Waals surface area contributed by atoms with Crippen LogP contribution >= 0.6 is 12.4 Å². The maximum absolute atomic E-state index is 11.0. The van der Waals surface area contributed by atoms with Crippen LogP contribution in [0.4, 0.5) is 0 Å². The van der Waals surface area contributed by atoms with E-state index in [2.05, 4.69) is 0 Å². The Kier molecular flexibility index (Phi) is 6.08. The van der Waals surface area contributed by atoms with Crippen LogP contribution in [-0.4, -0.2) is 48.3 Å². The van der Waals surface area contributed by atoms with Gasteiger partial charge in [-0.3, -0.25) is 9.69 Å². The number of aliphatic carboxylic acids is 1. The summed E-state index contributed by atoms with van der Waals surface area (Å²) in [6, 6.07) is -0.358. The molecule has 5 heteroatoms. The van der Waals surface area contributed by atoms with Gasteiger partial charge in [0.25, 0.3) is 0 Å². The van der Waals surface area contributed by atoms with Gasteiger partial charge in [-0.2, -0.15) is 0 Å². The van der Waals surface area contributed by atoms with E-state index in [0.29, 0.717) is 13.2 Å². The molecule has 0 amide bonds. The average Bonchev–Trinajstić information content (AvgIpc) is 2.04. The molecule has 0 aromatic carbocycles. The summed E-state index contributed by atoms with van der Waals surface area (Å²) >= 11 is 0. The molecule has 1 aliphatic rings. The highest BCUT2D eigenvalue weighted by Gasteiger charge is 2.29. The minimum atomic E-state index is -0.725. The molecular weight excluding hydrogens is 206 g/mol. The number of carboxylic acid groups (broad SMARTS) is 1. The molecular formula is C9H18ClNO3. The van der Waals surface area contributed by atoms with Crippen molar-refractivity contribution in [1.29, 1.82) is 0 Å². The first kappa shape index (κ1) is 13.7. The third-order valence-electron chi connectivity index (χ3n) is 2.32. The van der Waals surface area contributed by atoms with Crippen molar-refractivity contribution in [2.24, 2.45) is 5.92 Å². The smallest absolute Gasteiger partial charge is 0.321 e. The van der Waals surface area contributed by atoms with E-state index in [1.54, 1.807) is 0 Å². The van der Waals surface area contributed by atoms with Crippen molar-refractivity contribution in [3.63, 3.8) is 0 Å². The Labute approximate surface area is 90.6 Å². The molecule has 0 unspecified atom stereocenters. The van der Waals surface area contributed by atoms with Crippen LogP contribution in [0.15, 0.2) is 0 Å². The number of nitrogens with zero attached hydrogens (tertiary/aromatic N) is 1. The number of morpholine rings is 1. The quantitative estimate of drug-likeness (QED) is 0.771. The number of carbonyl (C=O) groups is 1. The zero-order chi connectivity index (χ0) is 9.84. The Balaban J connectivity index is 0.00000169. The lowest BCUT2D eigenvalue weighted by Gasteiger charge is -2.33. The molecule has 1 rings (SSSR count). The molecule has 0 spiro atoms. The van der Waals surface area contributed by atoms with E-state index in [0.717, 1.165) is 13.1 Å². The van der Waals surface area contributed by atoms with E-state index in [4.69, 9.17) is 9.84 Å². The number of halogens is 1. The molecule has 14 heavy (non-hydrogen) atoms. The minimum absolute atomic E-state index is 0. The fourth-order valence-electron chi connectivity index (χ4n) is 1.72. The van der Waals surface area contributed by atoms with Crippen LogP contribution in [0.3, 0.4) is 0 Å². The van der Waals surface area contributed by atoms with Crippen LogP contribution in [0.25, 0.3) is 0 Å². The van der Waals surface area contributed by atoms with Gasteiger partial charge in [-0.05, 0) is 5.92 Å². The summed E-state index contributed by atoms with van der Waals surface area (Å²) in [5.41, 5.74) is 0. The van der Waals surface area contributed by atoms with Gasteiger partial charge in [-0.25, -0.2) is 0 Å². The topological polar surface area (TPSA) is 49.8 Å². The van der Waals surface area contributed by atoms with Crippen LogP contribution in [0, 0.1) is 5.92 Å². The Morgan fingerprint density at radius 2 is 1.86 bits per heavy atom. The summed E-state index contributed by atoms with van der Waals surface area (Å²) in [6.07, 6.45) is 0. The van der Waals surface area contributed by atoms with Crippen LogP contribution in [0.5, 0.6) is 0 Å². The summed E-state index contributed by atoms with van der Waals surface area (Å²) in [4.78, 5) is 12.9. The number of hydrogen-bond donors (Lipinski definition) is 1. The highest BCUT2D eigenvalue weighted by molar-refractivity contribution is 5.85. The molecule has 1 aliphatic heterocycles. The lowest BCUT2D eigenvalue weighted by atomic mass is 10.0. The highest BCUT2D eigenvalue weighted by atomic mass is 35.5. The Morgan fingerprint density at radius 3 is 2.21 bits per heavy atom. The third kappa shape index (κ3) is 3.44. The average molecular weight is 224 g/mol. The molecule has 1 fully saturated rings. The molecule has 0 saturated carbocycles. The lowest BCUT2D eigenvalue weighted by Crippen LogP contribution is -2.49. The van der Waals surface area contributed by atoms with Crippen molar-refractivity contribution in [2.75, 3.05) is 26.3 Å². The number of rotatable bonds is 3. The molecule has 0 aromatic rings. The molecule has 0 aliphatic carbocycles. The summed E-state index contributed by atoms with van der Waals surface area (Å²) in [5, 5.41) is 9.01. The zero-order valence-corrected chi connectivity index (χ0v) is 9.42. The predicted octanol–water partition coefficient (Wildman–Crippen LogP) is 0.850. The van der Waals surface area contributed by atoms with Gasteiger partial charge in [0.2, 0.25) is 0 Å². The zero-order valence-electron chi connectivity index (χ0n) is 8.60. The monoisotopic (exact) mass is 223 g/mol. The SMILES string of the molecule is CC(C)[C@@H](C(=O)O)N1CCOCC1.Cl. The molecule has 4 nitrogen and oxygen atoms in total. The van der Waals surface area contributed by atoms with E-state index in [1.807, 2.05) is 18.7 Å². The molecule has 0 bridgehead atoms. The lowest BCUT2D eigenvalue weighted by molar-refractivity contribution is -0.147. The Bertz CT molecular complexity index is 181. The molecule has 84 valence electrons. The molecule has 1 N–H and O–H groups in total. The van der Waals surface area contributed by atoms with Crippen LogP contribution < -0.4 is 0 Å². The van der Waals surface area contributed by atoms with E-state index in [-0.39, 0.29) is 24.4 Å². The summed E-state index contributed by atoms with van der Waals surface area (Å²) in [7, 11) is 0. The predicted molar refractivity (Wildman–Crippen MR) is 55.9 cm³/mol. The second-order valence-corrected chi connectivity index (χ2v) is 3.68. The fraction of sp³-hybridized carbons (Fsp3) is 0.889. The second-order valence-electron chi connectivity index (χ2n) is 3.68. The standard InChI is InChI=1S/C9H17NO3.ClH/c1-7(2)8(9(11)12)10-3-5-13-6-4-10;/h7-8H,3-6H2,1-2H3,(H,11,12);1H/t8-;/m0./s1. The summed E-state index contributed by atoms with van der Waals surface area (Å²) in [5.74, 6) is -0.576. The maximum atomic E-state index is 11.0. The molecule has 1 heterocycles. The number of ether oxygens (including phenoxy) is 1. The van der Waals surface area contributed by atoms with Crippen molar-refractivity contribution in [3.05, 3.63) is 0 Å². The fourth-order valence-corrected chi connectivity index (χ4v) is 1.72. The van der Waals surface area contributed by atoms with Gasteiger partial charge in [-0.1, -0.05) is 13.8 Å². The van der Waals surface area contributed by atoms with Gasteiger partial charge in [0.15, 0.2) is 0 Å². The van der Waals surface area contributed by atoms with Crippen molar-refractivity contribution < 1.29 is 14.6 Å². The largest absolute Gasteiger partial charge is 0.480 e. The highest BCUT2D eigenvalue weighted by Crippen LogP contribution is 2.12. The van der Waals surface area contributed by atoms with Gasteiger partial charge in [0, 0.05) is 13.1 Å². The normalized spacial score (nSPS) is 20.2. The van der Waals surface area contributed by atoms with E-state index >= 15 is 0 Å². The van der Waals surface area contributed by atoms with Gasteiger partial charge in [0.05, 0.1) is 13.2 Å². The molecule has 1 atom stereocenters. The third-order valence-corrected chi connectivity index (χ3v) is 2.32. The molecule has 1 saturated heterocycles. The Hall–Kier alpha value is -0.320. The van der Waals surface area contributed by atoms with E-state index in [1.165, 1.54) is 0 Å². The maximum Gasteiger partial charge on any atom is 0.321 e. The molecule has 0 radical (unpaired) electrons. The minimum Gasteiger partial charge on any atom is -0.480 e. The van der Waals surface area contributed by atoms with Crippen molar-refractivity contribution >= 4 is 18.4 Å². The van der Waals surface area contributed by atoms with E-state index < -0.39 is 5.97 Å².